The van der Waals surface area contributed by atoms with Gasteiger partial charge in [0.2, 0.25) is 0 Å². The third kappa shape index (κ3) is 1.71. The molecule has 0 amide bonds. The third-order valence-corrected chi connectivity index (χ3v) is 3.62. The molecule has 2 fully saturated rings. The molecule has 0 saturated carbocycles. The summed E-state index contributed by atoms with van der Waals surface area (Å²) in [6.07, 6.45) is 3.84. The molecule has 2 atom stereocenters. The van der Waals surface area contributed by atoms with Crippen molar-refractivity contribution < 1.29 is 0 Å². The van der Waals surface area contributed by atoms with E-state index in [1.807, 2.05) is 6.07 Å². The molecule has 2 saturated heterocycles. The Balaban J connectivity index is 1.68. The van der Waals surface area contributed by atoms with E-state index in [1.165, 1.54) is 32.4 Å². The Bertz CT molecular complexity index is 363. The van der Waals surface area contributed by atoms with Gasteiger partial charge in [0.25, 0.3) is 0 Å². The molecule has 1 aromatic rings. The first kappa shape index (κ1) is 9.84. The second-order valence-corrected chi connectivity index (χ2v) is 4.63. The van der Waals surface area contributed by atoms with E-state index in [9.17, 15) is 0 Å². The van der Waals surface area contributed by atoms with E-state index < -0.39 is 0 Å². The van der Waals surface area contributed by atoms with Crippen molar-refractivity contribution in [2.24, 2.45) is 0 Å². The molecule has 5 heteroatoms. The summed E-state index contributed by atoms with van der Waals surface area (Å²) in [6, 6.07) is 4.91. The summed E-state index contributed by atoms with van der Waals surface area (Å²) in [4.78, 5) is 2.57. The number of nitrogens with two attached hydrogens (primary N) is 1. The number of rotatable bonds is 2. The van der Waals surface area contributed by atoms with Gasteiger partial charge in [-0.1, -0.05) is 0 Å². The number of nitrogen functional groups attached to an aromatic ring is 1. The molecule has 16 heavy (non-hydrogen) atoms. The van der Waals surface area contributed by atoms with E-state index in [0.29, 0.717) is 17.9 Å². The first-order chi connectivity index (χ1) is 7.83. The monoisotopic (exact) mass is 219 g/mol. The fourth-order valence-electron chi connectivity index (χ4n) is 2.86. The third-order valence-electron chi connectivity index (χ3n) is 3.62. The highest BCUT2D eigenvalue weighted by Crippen LogP contribution is 2.29. The maximum atomic E-state index is 5.51. The van der Waals surface area contributed by atoms with Crippen LogP contribution in [0.15, 0.2) is 12.1 Å². The number of hydrogen-bond donors (Lipinski definition) is 2. The van der Waals surface area contributed by atoms with Gasteiger partial charge in [0, 0.05) is 18.6 Å². The predicted molar refractivity (Wildman–Crippen MR) is 63.1 cm³/mol. The minimum Gasteiger partial charge on any atom is -0.382 e. The molecule has 2 aliphatic rings. The molecule has 3 rings (SSSR count). The lowest BCUT2D eigenvalue weighted by molar-refractivity contribution is 0.318. The maximum Gasteiger partial charge on any atom is 0.149 e. The lowest BCUT2D eigenvalue weighted by Gasteiger charge is -2.21. The minimum absolute atomic E-state index is 0.472. The van der Waals surface area contributed by atoms with E-state index in [1.54, 1.807) is 6.07 Å². The molecule has 5 nitrogen and oxygen atoms in total. The number of nitrogens with zero attached hydrogens (tertiary/aromatic N) is 3. The summed E-state index contributed by atoms with van der Waals surface area (Å²) in [5, 5.41) is 11.4. The van der Waals surface area contributed by atoms with Crippen molar-refractivity contribution in [3.05, 3.63) is 12.1 Å². The summed E-state index contributed by atoms with van der Waals surface area (Å²) in [5.41, 5.74) is 5.51. The van der Waals surface area contributed by atoms with Crippen LogP contribution in [0.4, 0.5) is 11.6 Å². The predicted octanol–water partition coefficient (Wildman–Crippen LogP) is 0.707. The average Bonchev–Trinajstić information content (AvgIpc) is 2.86. The lowest BCUT2D eigenvalue weighted by Crippen LogP contribution is -2.34. The Labute approximate surface area is 95.0 Å². The second kappa shape index (κ2) is 3.90. The Morgan fingerprint density at radius 1 is 1.25 bits per heavy atom. The van der Waals surface area contributed by atoms with Gasteiger partial charge in [0.1, 0.15) is 11.6 Å². The van der Waals surface area contributed by atoms with E-state index in [0.717, 1.165) is 5.82 Å². The van der Waals surface area contributed by atoms with Crippen molar-refractivity contribution in [3.63, 3.8) is 0 Å². The zero-order valence-electron chi connectivity index (χ0n) is 9.26. The van der Waals surface area contributed by atoms with Crippen LogP contribution < -0.4 is 11.1 Å². The molecule has 86 valence electrons. The van der Waals surface area contributed by atoms with Crippen LogP contribution in [0.25, 0.3) is 0 Å². The Kier molecular flexibility index (Phi) is 2.40. The van der Waals surface area contributed by atoms with Crippen molar-refractivity contribution in [1.29, 1.82) is 0 Å². The fourth-order valence-corrected chi connectivity index (χ4v) is 2.86. The Morgan fingerprint density at radius 2 is 2.19 bits per heavy atom. The number of nitrogens with one attached hydrogen (secondary N) is 1. The molecule has 0 aromatic carbocycles. The van der Waals surface area contributed by atoms with E-state index in [4.69, 9.17) is 5.73 Å². The highest BCUT2D eigenvalue weighted by atomic mass is 15.3. The molecular formula is C11H17N5. The van der Waals surface area contributed by atoms with Crippen LogP contribution in [0.2, 0.25) is 0 Å². The van der Waals surface area contributed by atoms with E-state index in [-0.39, 0.29) is 0 Å². The van der Waals surface area contributed by atoms with Crippen molar-refractivity contribution in [2.75, 3.05) is 24.1 Å². The van der Waals surface area contributed by atoms with Crippen LogP contribution in [-0.2, 0) is 0 Å². The lowest BCUT2D eigenvalue weighted by atomic mass is 10.1. The number of hydrogen-bond acceptors (Lipinski definition) is 5. The van der Waals surface area contributed by atoms with Crippen molar-refractivity contribution in [1.82, 2.24) is 15.1 Å². The van der Waals surface area contributed by atoms with Crippen molar-refractivity contribution in [3.8, 4) is 0 Å². The van der Waals surface area contributed by atoms with Gasteiger partial charge in [0.05, 0.1) is 0 Å². The van der Waals surface area contributed by atoms with Crippen molar-refractivity contribution in [2.45, 2.75) is 31.3 Å². The smallest absolute Gasteiger partial charge is 0.149 e. The first-order valence-electron chi connectivity index (χ1n) is 5.93. The van der Waals surface area contributed by atoms with Crippen LogP contribution in [0, 0.1) is 0 Å². The molecule has 0 bridgehead atoms. The van der Waals surface area contributed by atoms with Crippen LogP contribution in [0.5, 0.6) is 0 Å². The first-order valence-corrected chi connectivity index (χ1v) is 5.93. The standard InChI is InChI=1S/C11H17N5/c12-10-3-4-11(15-14-10)13-8-5-7-16-6-1-2-9(8)16/h3-4,8-9H,1-2,5-7H2,(H2,12,14)(H,13,15). The molecule has 0 spiro atoms. The quantitative estimate of drug-likeness (QED) is 0.766. The number of aromatic nitrogens is 2. The van der Waals surface area contributed by atoms with Gasteiger partial charge in [-0.05, 0) is 37.9 Å². The van der Waals surface area contributed by atoms with E-state index >= 15 is 0 Å². The van der Waals surface area contributed by atoms with E-state index in [2.05, 4.69) is 20.4 Å². The van der Waals surface area contributed by atoms with Gasteiger partial charge in [-0.25, -0.2) is 0 Å². The summed E-state index contributed by atoms with van der Waals surface area (Å²) in [6.45, 7) is 2.47. The van der Waals surface area contributed by atoms with Gasteiger partial charge in [-0.15, -0.1) is 10.2 Å². The number of anilines is 2. The zero-order valence-corrected chi connectivity index (χ0v) is 9.26. The minimum atomic E-state index is 0.472. The highest BCUT2D eigenvalue weighted by molar-refractivity contribution is 5.39. The van der Waals surface area contributed by atoms with Gasteiger partial charge in [0.15, 0.2) is 0 Å². The van der Waals surface area contributed by atoms with Crippen LogP contribution in [-0.4, -0.2) is 40.3 Å². The SMILES string of the molecule is Nc1ccc(NC2CCN3CCCC23)nn1. The Morgan fingerprint density at radius 3 is 3.00 bits per heavy atom. The summed E-state index contributed by atoms with van der Waals surface area (Å²) in [5.74, 6) is 1.31. The van der Waals surface area contributed by atoms with Gasteiger partial charge in [-0.3, -0.25) is 4.90 Å². The molecular weight excluding hydrogens is 202 g/mol. The normalized spacial score (nSPS) is 29.2. The highest BCUT2D eigenvalue weighted by Gasteiger charge is 2.37. The number of fused-ring (bicyclic) bond motifs is 1. The van der Waals surface area contributed by atoms with Crippen LogP contribution in [0.3, 0.4) is 0 Å². The summed E-state index contributed by atoms with van der Waals surface area (Å²) in [7, 11) is 0. The molecule has 3 N–H and O–H groups in total. The van der Waals surface area contributed by atoms with Crippen LogP contribution in [0.1, 0.15) is 19.3 Å². The topological polar surface area (TPSA) is 67.1 Å². The average molecular weight is 219 g/mol. The Hall–Kier alpha value is -1.36. The van der Waals surface area contributed by atoms with Gasteiger partial charge >= 0.3 is 0 Å². The van der Waals surface area contributed by atoms with Crippen LogP contribution >= 0.6 is 0 Å². The summed E-state index contributed by atoms with van der Waals surface area (Å²) < 4.78 is 0. The molecule has 0 radical (unpaired) electrons. The second-order valence-electron chi connectivity index (χ2n) is 4.63. The zero-order chi connectivity index (χ0) is 11.0. The molecule has 0 aliphatic carbocycles. The van der Waals surface area contributed by atoms with Crippen molar-refractivity contribution >= 4 is 11.6 Å². The molecule has 2 aliphatic heterocycles. The molecule has 2 unspecified atom stereocenters. The molecule has 3 heterocycles. The largest absolute Gasteiger partial charge is 0.382 e. The van der Waals surface area contributed by atoms with Gasteiger partial charge in [-0.2, -0.15) is 0 Å². The fraction of sp³-hybridized carbons (Fsp3) is 0.636. The van der Waals surface area contributed by atoms with Gasteiger partial charge < -0.3 is 11.1 Å². The summed E-state index contributed by atoms with van der Waals surface area (Å²) >= 11 is 0. The molecule has 1 aromatic heterocycles. The maximum absolute atomic E-state index is 5.51.